The summed E-state index contributed by atoms with van der Waals surface area (Å²) < 4.78 is 10.8. The minimum absolute atomic E-state index is 0.0818. The number of rotatable bonds is 5. The summed E-state index contributed by atoms with van der Waals surface area (Å²) in [6.45, 7) is 6.91. The fourth-order valence-corrected chi connectivity index (χ4v) is 10.0. The molecule has 0 saturated heterocycles. The third-order valence-electron chi connectivity index (χ3n) is 12.2. The Labute approximate surface area is 231 Å². The maximum atomic E-state index is 12.6. The van der Waals surface area contributed by atoms with E-state index in [4.69, 9.17) is 9.15 Å². The van der Waals surface area contributed by atoms with Gasteiger partial charge in [-0.25, -0.2) is 9.78 Å². The summed E-state index contributed by atoms with van der Waals surface area (Å²) in [5, 5.41) is 34.1. The number of methoxy groups -OCH3 is 1. The molecule has 0 spiro atoms. The van der Waals surface area contributed by atoms with Crippen LogP contribution in [-0.4, -0.2) is 45.7 Å². The summed E-state index contributed by atoms with van der Waals surface area (Å²) in [6.07, 6.45) is 6.57. The van der Waals surface area contributed by atoms with Crippen molar-refractivity contribution >= 4 is 10.9 Å². The van der Waals surface area contributed by atoms with Crippen LogP contribution in [0.3, 0.4) is 0 Å². The summed E-state index contributed by atoms with van der Waals surface area (Å²) in [4.78, 5) is 17.2. The first-order valence-electron chi connectivity index (χ1n) is 15.1. The smallest absolute Gasteiger partial charge is 0.346 e. The largest absolute Gasteiger partial charge is 0.497 e. The van der Waals surface area contributed by atoms with Gasteiger partial charge in [0.15, 0.2) is 5.89 Å². The summed E-state index contributed by atoms with van der Waals surface area (Å²) in [5.41, 5.74) is 0.0622. The molecule has 214 valence electrons. The lowest BCUT2D eigenvalue weighted by Crippen LogP contribution is -2.62. The van der Waals surface area contributed by atoms with Crippen LogP contribution in [0, 0.1) is 46.3 Å². The van der Waals surface area contributed by atoms with Crippen molar-refractivity contribution in [1.29, 1.82) is 0 Å². The fourth-order valence-electron chi connectivity index (χ4n) is 10.0. The monoisotopic (exact) mass is 539 g/mol. The van der Waals surface area contributed by atoms with Crippen LogP contribution >= 0.6 is 0 Å². The Morgan fingerprint density at radius 1 is 1.10 bits per heavy atom. The predicted molar refractivity (Wildman–Crippen MR) is 148 cm³/mol. The van der Waals surface area contributed by atoms with Gasteiger partial charge < -0.3 is 24.5 Å². The number of hydrogen-bond acceptors (Lipinski definition) is 7. The van der Waals surface area contributed by atoms with Crippen molar-refractivity contribution in [2.45, 2.75) is 96.9 Å². The third-order valence-corrected chi connectivity index (χ3v) is 12.2. The summed E-state index contributed by atoms with van der Waals surface area (Å²) in [7, 11) is 1.57. The van der Waals surface area contributed by atoms with Crippen molar-refractivity contribution in [3.05, 3.63) is 34.5 Å². The maximum absolute atomic E-state index is 12.6. The van der Waals surface area contributed by atoms with Crippen molar-refractivity contribution in [1.82, 2.24) is 4.98 Å². The molecule has 4 aliphatic rings. The van der Waals surface area contributed by atoms with E-state index in [9.17, 15) is 20.1 Å². The zero-order valence-electron chi connectivity index (χ0n) is 23.8. The Bertz CT molecular complexity index is 1280. The van der Waals surface area contributed by atoms with Crippen molar-refractivity contribution in [2.75, 3.05) is 7.11 Å². The van der Waals surface area contributed by atoms with Crippen LogP contribution in [-0.2, 0) is 6.42 Å². The maximum Gasteiger partial charge on any atom is 0.346 e. The summed E-state index contributed by atoms with van der Waals surface area (Å²) >= 11 is 0. The van der Waals surface area contributed by atoms with Gasteiger partial charge in [0.25, 0.3) is 0 Å². The third kappa shape index (κ3) is 4.26. The highest BCUT2D eigenvalue weighted by Gasteiger charge is 2.65. The minimum Gasteiger partial charge on any atom is -0.497 e. The quantitative estimate of drug-likeness (QED) is 0.504. The highest BCUT2D eigenvalue weighted by molar-refractivity contribution is 5.78. The Morgan fingerprint density at radius 2 is 1.90 bits per heavy atom. The Kier molecular flexibility index (Phi) is 6.87. The molecule has 4 aliphatic carbocycles. The van der Waals surface area contributed by atoms with Crippen LogP contribution < -0.4 is 10.4 Å². The first kappa shape index (κ1) is 27.2. The van der Waals surface area contributed by atoms with E-state index in [1.54, 1.807) is 25.3 Å². The fraction of sp³-hybridized carbons (Fsp3) is 0.750. The van der Waals surface area contributed by atoms with Crippen LogP contribution in [0.4, 0.5) is 0 Å². The summed E-state index contributed by atoms with van der Waals surface area (Å²) in [6, 6.07) is 5.26. The highest BCUT2D eigenvalue weighted by atomic mass is 16.5. The normalized spacial score (nSPS) is 42.4. The lowest BCUT2D eigenvalue weighted by atomic mass is 9.43. The second-order valence-electron chi connectivity index (χ2n) is 13.8. The van der Waals surface area contributed by atoms with Crippen molar-refractivity contribution in [2.24, 2.45) is 46.3 Å². The summed E-state index contributed by atoms with van der Waals surface area (Å²) in [5.74, 6) is 2.85. The molecule has 3 N–H and O–H groups in total. The number of aryl methyl sites for hydroxylation is 1. The van der Waals surface area contributed by atoms with Gasteiger partial charge in [0.2, 0.25) is 0 Å². The molecule has 1 unspecified atom stereocenters. The zero-order chi connectivity index (χ0) is 27.7. The van der Waals surface area contributed by atoms with Crippen LogP contribution in [0.1, 0.15) is 78.0 Å². The van der Waals surface area contributed by atoms with Gasteiger partial charge in [-0.15, -0.1) is 0 Å². The number of benzene rings is 1. The van der Waals surface area contributed by atoms with Crippen LogP contribution in [0.15, 0.2) is 27.4 Å². The second-order valence-corrected chi connectivity index (χ2v) is 13.8. The number of ether oxygens (including phenoxy) is 1. The first-order valence-corrected chi connectivity index (χ1v) is 15.1. The number of aliphatic hydroxyl groups excluding tert-OH is 3. The lowest BCUT2D eigenvalue weighted by molar-refractivity contribution is -0.207. The topological polar surface area (TPSA) is 113 Å². The Balaban J connectivity index is 1.20. The van der Waals surface area contributed by atoms with E-state index < -0.39 is 11.7 Å². The van der Waals surface area contributed by atoms with E-state index in [0.717, 1.165) is 51.4 Å². The van der Waals surface area contributed by atoms with Gasteiger partial charge >= 0.3 is 5.63 Å². The molecule has 2 aromatic rings. The standard InChI is InChI=1S/C32H45NO6/c1-17(5-10-28-33-25-9-6-20(38-4)15-21(25)30(37)39-28)22-7-8-23-29-24(16-27(36)32(22,23)3)31(2)12-11-19(34)13-18(31)14-26(29)35/h6,9,15,17-19,22-24,26-27,29,34-36H,5,7-8,10-14,16H2,1-4H3/t17-,18+,19-,22-,23+,24?,26-,27+,29+,31+,32-/m1/s1. The molecule has 0 amide bonds. The van der Waals surface area contributed by atoms with Crippen LogP contribution in [0.25, 0.3) is 10.9 Å². The van der Waals surface area contributed by atoms with E-state index in [2.05, 4.69) is 25.8 Å². The van der Waals surface area contributed by atoms with E-state index in [1.165, 1.54) is 0 Å². The van der Waals surface area contributed by atoms with E-state index in [1.807, 2.05) is 0 Å². The number of nitrogens with zero attached hydrogens (tertiary/aromatic N) is 1. The first-order chi connectivity index (χ1) is 18.6. The molecule has 4 fully saturated rings. The van der Waals surface area contributed by atoms with Crippen molar-refractivity contribution in [3.8, 4) is 5.75 Å². The second kappa shape index (κ2) is 9.85. The molecule has 1 aromatic carbocycles. The molecule has 11 atom stereocenters. The lowest BCUT2D eigenvalue weighted by Gasteiger charge is -2.63. The Hall–Kier alpha value is -1.96. The van der Waals surface area contributed by atoms with E-state index in [-0.39, 0.29) is 29.0 Å². The van der Waals surface area contributed by atoms with Crippen molar-refractivity contribution < 1.29 is 24.5 Å². The van der Waals surface area contributed by atoms with Gasteiger partial charge in [0.05, 0.1) is 36.3 Å². The molecule has 1 heterocycles. The molecule has 6 rings (SSSR count). The Morgan fingerprint density at radius 3 is 2.67 bits per heavy atom. The van der Waals surface area contributed by atoms with Gasteiger partial charge in [0, 0.05) is 6.42 Å². The average molecular weight is 540 g/mol. The van der Waals surface area contributed by atoms with Gasteiger partial charge in [-0.3, -0.25) is 0 Å². The van der Waals surface area contributed by atoms with Gasteiger partial charge in [-0.2, -0.15) is 0 Å². The van der Waals surface area contributed by atoms with Gasteiger partial charge in [-0.05, 0) is 116 Å². The average Bonchev–Trinajstić information content (AvgIpc) is 3.27. The molecule has 39 heavy (non-hydrogen) atoms. The number of hydrogen-bond donors (Lipinski definition) is 3. The van der Waals surface area contributed by atoms with Crippen LogP contribution in [0.5, 0.6) is 5.75 Å². The molecule has 4 saturated carbocycles. The van der Waals surface area contributed by atoms with Gasteiger partial charge in [0.1, 0.15) is 5.75 Å². The molecular weight excluding hydrogens is 494 g/mol. The van der Waals surface area contributed by atoms with E-state index >= 15 is 0 Å². The zero-order valence-corrected chi connectivity index (χ0v) is 23.8. The predicted octanol–water partition coefficient (Wildman–Crippen LogP) is 4.73. The number of fused-ring (bicyclic) bond motifs is 6. The highest BCUT2D eigenvalue weighted by Crippen LogP contribution is 2.68. The molecule has 0 radical (unpaired) electrons. The molecular formula is C32H45NO6. The van der Waals surface area contributed by atoms with Crippen LogP contribution in [0.2, 0.25) is 0 Å². The molecule has 7 heteroatoms. The number of aromatic nitrogens is 1. The molecule has 7 nitrogen and oxygen atoms in total. The van der Waals surface area contributed by atoms with Gasteiger partial charge in [-0.1, -0.05) is 20.8 Å². The molecule has 0 aliphatic heterocycles. The minimum atomic E-state index is -0.403. The van der Waals surface area contributed by atoms with E-state index in [0.29, 0.717) is 58.6 Å². The molecule has 1 aromatic heterocycles. The SMILES string of the molecule is COc1ccc2nc(CC[C@@H](C)[C@H]3CC[C@H]4[C@H]5C(C[C@H](O)[C@]34C)[C@@]3(C)CC[C@@H](O)C[C@H]3C[C@H]5O)oc(=O)c2c1. The molecule has 0 bridgehead atoms. The van der Waals surface area contributed by atoms with Crippen molar-refractivity contribution in [3.63, 3.8) is 0 Å². The number of aliphatic hydroxyl groups is 3.